The van der Waals surface area contributed by atoms with E-state index in [9.17, 15) is 0 Å². The number of rotatable bonds is 3. The highest BCUT2D eigenvalue weighted by molar-refractivity contribution is 6.30. The fourth-order valence-corrected chi connectivity index (χ4v) is 1.07. The van der Waals surface area contributed by atoms with Gasteiger partial charge in [-0.25, -0.2) is 0 Å². The lowest BCUT2D eigenvalue weighted by molar-refractivity contribution is 0.780. The molecule has 0 radical (unpaired) electrons. The topological polar surface area (TPSA) is 38.0 Å². The van der Waals surface area contributed by atoms with Crippen LogP contribution in [-0.2, 0) is 0 Å². The van der Waals surface area contributed by atoms with Gasteiger partial charge in [0.25, 0.3) is 0 Å². The summed E-state index contributed by atoms with van der Waals surface area (Å²) in [6.07, 6.45) is 0. The van der Waals surface area contributed by atoms with Crippen LogP contribution >= 0.6 is 11.6 Å². The zero-order valence-electron chi connectivity index (χ0n) is 7.05. The first kappa shape index (κ1) is 9.36. The zero-order chi connectivity index (χ0) is 8.97. The Kier molecular flexibility index (Phi) is 3.38. The first-order chi connectivity index (χ1) is 5.68. The van der Waals surface area contributed by atoms with Crippen LogP contribution in [-0.4, -0.2) is 12.6 Å². The summed E-state index contributed by atoms with van der Waals surface area (Å²) in [6, 6.07) is 7.76. The van der Waals surface area contributed by atoms with Crippen LogP contribution < -0.4 is 11.1 Å². The Bertz CT molecular complexity index is 248. The molecule has 2 nitrogen and oxygen atoms in total. The van der Waals surface area contributed by atoms with Crippen LogP contribution in [0.25, 0.3) is 0 Å². The van der Waals surface area contributed by atoms with Crippen molar-refractivity contribution >= 4 is 17.3 Å². The van der Waals surface area contributed by atoms with Gasteiger partial charge in [0, 0.05) is 23.3 Å². The van der Waals surface area contributed by atoms with E-state index < -0.39 is 0 Å². The van der Waals surface area contributed by atoms with Crippen molar-refractivity contribution in [3.63, 3.8) is 0 Å². The molecule has 1 unspecified atom stereocenters. The molecule has 0 aliphatic rings. The Morgan fingerprint density at radius 3 is 2.92 bits per heavy atom. The van der Waals surface area contributed by atoms with Crippen molar-refractivity contribution in [3.8, 4) is 0 Å². The fraction of sp³-hybridized carbons (Fsp3) is 0.333. The lowest BCUT2D eigenvalue weighted by atomic mass is 10.3. The molecule has 3 N–H and O–H groups in total. The van der Waals surface area contributed by atoms with Crippen LogP contribution in [0, 0.1) is 0 Å². The van der Waals surface area contributed by atoms with Gasteiger partial charge in [0.1, 0.15) is 0 Å². The van der Waals surface area contributed by atoms with Crippen molar-refractivity contribution in [2.75, 3.05) is 11.9 Å². The number of hydrogen-bond acceptors (Lipinski definition) is 2. The van der Waals surface area contributed by atoms with Crippen molar-refractivity contribution in [1.29, 1.82) is 0 Å². The SMILES string of the molecule is CC(N)CNc1cccc(Cl)c1. The summed E-state index contributed by atoms with van der Waals surface area (Å²) >= 11 is 5.79. The van der Waals surface area contributed by atoms with E-state index in [2.05, 4.69) is 5.32 Å². The summed E-state index contributed by atoms with van der Waals surface area (Å²) < 4.78 is 0. The maximum absolute atomic E-state index is 5.79. The van der Waals surface area contributed by atoms with Gasteiger partial charge in [0.15, 0.2) is 0 Å². The Morgan fingerprint density at radius 2 is 2.33 bits per heavy atom. The Labute approximate surface area is 77.7 Å². The van der Waals surface area contributed by atoms with Crippen molar-refractivity contribution in [2.45, 2.75) is 13.0 Å². The molecule has 1 aromatic rings. The predicted octanol–water partition coefficient (Wildman–Crippen LogP) is 2.10. The molecule has 12 heavy (non-hydrogen) atoms. The number of hydrogen-bond donors (Lipinski definition) is 2. The molecular weight excluding hydrogens is 172 g/mol. The second-order valence-electron chi connectivity index (χ2n) is 2.87. The van der Waals surface area contributed by atoms with Crippen molar-refractivity contribution in [3.05, 3.63) is 29.3 Å². The molecule has 66 valence electrons. The van der Waals surface area contributed by atoms with E-state index in [1.807, 2.05) is 31.2 Å². The van der Waals surface area contributed by atoms with Gasteiger partial charge in [-0.05, 0) is 25.1 Å². The van der Waals surface area contributed by atoms with E-state index in [-0.39, 0.29) is 6.04 Å². The average molecular weight is 185 g/mol. The van der Waals surface area contributed by atoms with Gasteiger partial charge in [-0.2, -0.15) is 0 Å². The van der Waals surface area contributed by atoms with Gasteiger partial charge in [-0.1, -0.05) is 17.7 Å². The lowest BCUT2D eigenvalue weighted by Crippen LogP contribution is -2.25. The minimum atomic E-state index is 0.156. The van der Waals surface area contributed by atoms with Crippen molar-refractivity contribution in [2.24, 2.45) is 5.73 Å². The molecule has 0 fully saturated rings. The van der Waals surface area contributed by atoms with E-state index in [0.29, 0.717) is 0 Å². The fourth-order valence-electron chi connectivity index (χ4n) is 0.877. The summed E-state index contributed by atoms with van der Waals surface area (Å²) in [6.45, 7) is 2.72. The van der Waals surface area contributed by atoms with Crippen LogP contribution in [0.15, 0.2) is 24.3 Å². The Morgan fingerprint density at radius 1 is 1.58 bits per heavy atom. The van der Waals surface area contributed by atoms with Crippen LogP contribution in [0.4, 0.5) is 5.69 Å². The minimum absolute atomic E-state index is 0.156. The first-order valence-electron chi connectivity index (χ1n) is 3.93. The second-order valence-corrected chi connectivity index (χ2v) is 3.30. The molecule has 1 atom stereocenters. The number of nitrogens with one attached hydrogen (secondary N) is 1. The molecule has 0 saturated heterocycles. The number of nitrogens with two attached hydrogens (primary N) is 1. The lowest BCUT2D eigenvalue weighted by Gasteiger charge is -2.08. The highest BCUT2D eigenvalue weighted by Crippen LogP contribution is 2.14. The smallest absolute Gasteiger partial charge is 0.0426 e. The third kappa shape index (κ3) is 3.11. The van der Waals surface area contributed by atoms with Crippen LogP contribution in [0.1, 0.15) is 6.92 Å². The molecule has 1 rings (SSSR count). The molecule has 1 aromatic carbocycles. The monoisotopic (exact) mass is 184 g/mol. The average Bonchev–Trinajstić information content (AvgIpc) is 2.01. The summed E-state index contributed by atoms with van der Waals surface area (Å²) in [5.74, 6) is 0. The van der Waals surface area contributed by atoms with E-state index in [1.54, 1.807) is 0 Å². The molecule has 0 aromatic heterocycles. The summed E-state index contributed by atoms with van der Waals surface area (Å²) in [7, 11) is 0. The molecular formula is C9H13ClN2. The summed E-state index contributed by atoms with van der Waals surface area (Å²) in [5, 5.41) is 3.92. The second kappa shape index (κ2) is 4.33. The van der Waals surface area contributed by atoms with Crippen molar-refractivity contribution < 1.29 is 0 Å². The highest BCUT2D eigenvalue weighted by atomic mass is 35.5. The van der Waals surface area contributed by atoms with Gasteiger partial charge >= 0.3 is 0 Å². The zero-order valence-corrected chi connectivity index (χ0v) is 7.81. The number of halogens is 1. The van der Waals surface area contributed by atoms with E-state index in [1.165, 1.54) is 0 Å². The van der Waals surface area contributed by atoms with Gasteiger partial charge < -0.3 is 11.1 Å². The summed E-state index contributed by atoms with van der Waals surface area (Å²) in [5.41, 5.74) is 6.60. The molecule has 0 saturated carbocycles. The first-order valence-corrected chi connectivity index (χ1v) is 4.31. The van der Waals surface area contributed by atoms with E-state index in [0.717, 1.165) is 17.3 Å². The van der Waals surface area contributed by atoms with Gasteiger partial charge in [-0.15, -0.1) is 0 Å². The predicted molar refractivity (Wildman–Crippen MR) is 53.6 cm³/mol. The van der Waals surface area contributed by atoms with Gasteiger partial charge in [0.05, 0.1) is 0 Å². The van der Waals surface area contributed by atoms with Gasteiger partial charge in [0.2, 0.25) is 0 Å². The molecule has 0 aliphatic heterocycles. The van der Waals surface area contributed by atoms with E-state index in [4.69, 9.17) is 17.3 Å². The molecule has 0 spiro atoms. The Hall–Kier alpha value is -0.730. The van der Waals surface area contributed by atoms with Crippen LogP contribution in [0.3, 0.4) is 0 Å². The molecule has 0 amide bonds. The number of benzene rings is 1. The highest BCUT2D eigenvalue weighted by Gasteiger charge is 1.94. The quantitative estimate of drug-likeness (QED) is 0.755. The standard InChI is InChI=1S/C9H13ClN2/c1-7(11)6-12-9-4-2-3-8(10)5-9/h2-5,7,12H,6,11H2,1H3. The minimum Gasteiger partial charge on any atom is -0.383 e. The molecule has 3 heteroatoms. The molecule has 0 bridgehead atoms. The third-order valence-electron chi connectivity index (χ3n) is 1.45. The maximum atomic E-state index is 5.79. The summed E-state index contributed by atoms with van der Waals surface area (Å²) in [4.78, 5) is 0. The van der Waals surface area contributed by atoms with Crippen LogP contribution in [0.5, 0.6) is 0 Å². The number of anilines is 1. The normalized spacial score (nSPS) is 12.6. The largest absolute Gasteiger partial charge is 0.383 e. The Balaban J connectivity index is 2.52. The third-order valence-corrected chi connectivity index (χ3v) is 1.69. The maximum Gasteiger partial charge on any atom is 0.0426 e. The molecule has 0 heterocycles. The van der Waals surface area contributed by atoms with Crippen molar-refractivity contribution in [1.82, 2.24) is 0 Å². The van der Waals surface area contributed by atoms with E-state index >= 15 is 0 Å². The van der Waals surface area contributed by atoms with Crippen LogP contribution in [0.2, 0.25) is 5.02 Å². The molecule has 0 aliphatic carbocycles. The van der Waals surface area contributed by atoms with Gasteiger partial charge in [-0.3, -0.25) is 0 Å².